The third-order valence-electron chi connectivity index (χ3n) is 3.91. The Labute approximate surface area is 103 Å². The van der Waals surface area contributed by atoms with E-state index in [1.54, 1.807) is 6.92 Å². The molecule has 0 aromatic heterocycles. The van der Waals surface area contributed by atoms with Crippen molar-refractivity contribution >= 4 is 5.91 Å². The van der Waals surface area contributed by atoms with E-state index < -0.39 is 0 Å². The van der Waals surface area contributed by atoms with Crippen molar-refractivity contribution in [1.82, 2.24) is 10.2 Å². The minimum absolute atomic E-state index is 0.173. The molecule has 2 fully saturated rings. The van der Waals surface area contributed by atoms with E-state index in [0.29, 0.717) is 24.7 Å². The van der Waals surface area contributed by atoms with Crippen LogP contribution in [0, 0.1) is 0 Å². The van der Waals surface area contributed by atoms with E-state index in [1.807, 2.05) is 0 Å². The minimum atomic E-state index is 0.173. The molecule has 2 aliphatic rings. The van der Waals surface area contributed by atoms with Gasteiger partial charge in [0.05, 0.1) is 6.61 Å². The SMILES string of the molecule is CC(=O)N(C1CC1)[C@H]1CCCC[C@H]1NCCO. The van der Waals surface area contributed by atoms with Crippen LogP contribution in [0.4, 0.5) is 0 Å². The summed E-state index contributed by atoms with van der Waals surface area (Å²) >= 11 is 0. The predicted octanol–water partition coefficient (Wildman–Crippen LogP) is 0.890. The molecule has 0 heterocycles. The van der Waals surface area contributed by atoms with Crippen molar-refractivity contribution in [1.29, 1.82) is 0 Å². The Hall–Kier alpha value is -0.610. The molecule has 2 rings (SSSR count). The fourth-order valence-electron chi connectivity index (χ4n) is 3.05. The summed E-state index contributed by atoms with van der Waals surface area (Å²) in [6, 6.07) is 1.22. The average Bonchev–Trinajstić information content (AvgIpc) is 3.12. The van der Waals surface area contributed by atoms with Gasteiger partial charge in [-0.15, -0.1) is 0 Å². The fraction of sp³-hybridized carbons (Fsp3) is 0.923. The normalized spacial score (nSPS) is 29.1. The number of hydrogen-bond acceptors (Lipinski definition) is 3. The summed E-state index contributed by atoms with van der Waals surface area (Å²) in [5, 5.41) is 12.3. The van der Waals surface area contributed by atoms with Gasteiger partial charge in [0.1, 0.15) is 0 Å². The maximum absolute atomic E-state index is 11.8. The van der Waals surface area contributed by atoms with E-state index in [9.17, 15) is 4.79 Å². The zero-order chi connectivity index (χ0) is 12.3. The second kappa shape index (κ2) is 5.83. The number of carbonyl (C=O) groups is 1. The van der Waals surface area contributed by atoms with Gasteiger partial charge >= 0.3 is 0 Å². The first-order valence-corrected chi connectivity index (χ1v) is 6.87. The van der Waals surface area contributed by atoms with Crippen LogP contribution in [-0.2, 0) is 4.79 Å². The van der Waals surface area contributed by atoms with Gasteiger partial charge < -0.3 is 15.3 Å². The van der Waals surface area contributed by atoms with Gasteiger partial charge in [0.15, 0.2) is 0 Å². The molecule has 0 bridgehead atoms. The number of nitrogens with zero attached hydrogens (tertiary/aromatic N) is 1. The molecular formula is C13H24N2O2. The zero-order valence-corrected chi connectivity index (χ0v) is 10.7. The van der Waals surface area contributed by atoms with Crippen LogP contribution in [0.2, 0.25) is 0 Å². The van der Waals surface area contributed by atoms with Crippen LogP contribution >= 0.6 is 0 Å². The van der Waals surface area contributed by atoms with Crippen LogP contribution in [0.25, 0.3) is 0 Å². The molecule has 0 radical (unpaired) electrons. The molecule has 0 unspecified atom stereocenters. The maximum Gasteiger partial charge on any atom is 0.219 e. The Morgan fingerprint density at radius 1 is 1.29 bits per heavy atom. The Balaban J connectivity index is 2.00. The molecule has 0 saturated heterocycles. The largest absolute Gasteiger partial charge is 0.395 e. The quantitative estimate of drug-likeness (QED) is 0.750. The molecule has 1 amide bonds. The van der Waals surface area contributed by atoms with Gasteiger partial charge in [-0.3, -0.25) is 4.79 Å². The number of aliphatic hydroxyl groups is 1. The standard InChI is InChI=1S/C13H24N2O2/c1-10(17)15(11-6-7-11)13-5-3-2-4-12(13)14-8-9-16/h11-14,16H,2-9H2,1H3/t12-,13+/m1/s1. The number of nitrogens with one attached hydrogen (secondary N) is 1. The molecule has 98 valence electrons. The fourth-order valence-corrected chi connectivity index (χ4v) is 3.05. The predicted molar refractivity (Wildman–Crippen MR) is 66.7 cm³/mol. The van der Waals surface area contributed by atoms with Crippen LogP contribution in [0.3, 0.4) is 0 Å². The summed E-state index contributed by atoms with van der Waals surface area (Å²) < 4.78 is 0. The van der Waals surface area contributed by atoms with Gasteiger partial charge in [0, 0.05) is 31.6 Å². The van der Waals surface area contributed by atoms with E-state index in [0.717, 1.165) is 12.8 Å². The average molecular weight is 240 g/mol. The highest BCUT2D eigenvalue weighted by molar-refractivity contribution is 5.74. The number of carbonyl (C=O) groups excluding carboxylic acids is 1. The molecule has 0 aromatic carbocycles. The third-order valence-corrected chi connectivity index (χ3v) is 3.91. The highest BCUT2D eigenvalue weighted by Gasteiger charge is 2.39. The third kappa shape index (κ3) is 3.19. The smallest absolute Gasteiger partial charge is 0.219 e. The van der Waals surface area contributed by atoms with E-state index in [4.69, 9.17) is 5.11 Å². The number of aliphatic hydroxyl groups excluding tert-OH is 1. The van der Waals surface area contributed by atoms with Gasteiger partial charge in [0.25, 0.3) is 0 Å². The van der Waals surface area contributed by atoms with Gasteiger partial charge in [-0.05, 0) is 25.7 Å². The number of amides is 1. The molecule has 2 N–H and O–H groups in total. The Morgan fingerprint density at radius 2 is 2.00 bits per heavy atom. The summed E-state index contributed by atoms with van der Waals surface area (Å²) in [7, 11) is 0. The molecule has 0 aliphatic heterocycles. The molecule has 17 heavy (non-hydrogen) atoms. The molecule has 2 aliphatic carbocycles. The molecule has 0 spiro atoms. The molecule has 2 saturated carbocycles. The van der Waals surface area contributed by atoms with Crippen molar-refractivity contribution in [2.75, 3.05) is 13.2 Å². The van der Waals surface area contributed by atoms with E-state index in [2.05, 4.69) is 10.2 Å². The number of hydrogen-bond donors (Lipinski definition) is 2. The summed E-state index contributed by atoms with van der Waals surface area (Å²) in [5.41, 5.74) is 0. The lowest BCUT2D eigenvalue weighted by Crippen LogP contribution is -2.54. The van der Waals surface area contributed by atoms with Crippen LogP contribution in [0.5, 0.6) is 0 Å². The molecule has 4 heteroatoms. The van der Waals surface area contributed by atoms with E-state index in [-0.39, 0.29) is 12.5 Å². The minimum Gasteiger partial charge on any atom is -0.395 e. The van der Waals surface area contributed by atoms with Gasteiger partial charge in [0.2, 0.25) is 5.91 Å². The lowest BCUT2D eigenvalue weighted by atomic mass is 9.89. The Bertz CT molecular complexity index is 266. The lowest BCUT2D eigenvalue weighted by Gasteiger charge is -2.40. The molecular weight excluding hydrogens is 216 g/mol. The number of rotatable bonds is 5. The first-order valence-electron chi connectivity index (χ1n) is 6.87. The molecule has 2 atom stereocenters. The van der Waals surface area contributed by atoms with Gasteiger partial charge in [-0.25, -0.2) is 0 Å². The van der Waals surface area contributed by atoms with Crippen molar-refractivity contribution in [2.45, 2.75) is 63.6 Å². The second-order valence-electron chi connectivity index (χ2n) is 5.29. The molecule has 0 aromatic rings. The molecule has 4 nitrogen and oxygen atoms in total. The van der Waals surface area contributed by atoms with Crippen LogP contribution < -0.4 is 5.32 Å². The highest BCUT2D eigenvalue weighted by atomic mass is 16.3. The van der Waals surface area contributed by atoms with Gasteiger partial charge in [-0.1, -0.05) is 12.8 Å². The maximum atomic E-state index is 11.8. The van der Waals surface area contributed by atoms with Crippen molar-refractivity contribution < 1.29 is 9.90 Å². The second-order valence-corrected chi connectivity index (χ2v) is 5.29. The van der Waals surface area contributed by atoms with Crippen molar-refractivity contribution in [3.63, 3.8) is 0 Å². The summed E-state index contributed by atoms with van der Waals surface area (Å²) in [6.45, 7) is 2.50. The van der Waals surface area contributed by atoms with Crippen molar-refractivity contribution in [2.24, 2.45) is 0 Å². The van der Waals surface area contributed by atoms with Crippen molar-refractivity contribution in [3.05, 3.63) is 0 Å². The van der Waals surface area contributed by atoms with E-state index >= 15 is 0 Å². The first-order chi connectivity index (χ1) is 8.24. The van der Waals surface area contributed by atoms with Crippen molar-refractivity contribution in [3.8, 4) is 0 Å². The monoisotopic (exact) mass is 240 g/mol. The zero-order valence-electron chi connectivity index (χ0n) is 10.7. The van der Waals surface area contributed by atoms with Crippen LogP contribution in [-0.4, -0.2) is 47.2 Å². The van der Waals surface area contributed by atoms with Crippen LogP contribution in [0.15, 0.2) is 0 Å². The first kappa shape index (κ1) is 12.8. The summed E-state index contributed by atoms with van der Waals surface area (Å²) in [6.07, 6.45) is 7.03. The van der Waals surface area contributed by atoms with E-state index in [1.165, 1.54) is 25.7 Å². The topological polar surface area (TPSA) is 52.6 Å². The Morgan fingerprint density at radius 3 is 2.59 bits per heavy atom. The van der Waals surface area contributed by atoms with Gasteiger partial charge in [-0.2, -0.15) is 0 Å². The lowest BCUT2D eigenvalue weighted by molar-refractivity contribution is -0.133. The van der Waals surface area contributed by atoms with Crippen LogP contribution in [0.1, 0.15) is 45.4 Å². The summed E-state index contributed by atoms with van der Waals surface area (Å²) in [5.74, 6) is 0.218. The highest BCUT2D eigenvalue weighted by Crippen LogP contribution is 2.33. The summed E-state index contributed by atoms with van der Waals surface area (Å²) in [4.78, 5) is 13.9. The Kier molecular flexibility index (Phi) is 4.40.